The van der Waals surface area contributed by atoms with Crippen LogP contribution in [-0.4, -0.2) is 38.3 Å². The zero-order chi connectivity index (χ0) is 16.5. The van der Waals surface area contributed by atoms with Crippen LogP contribution < -0.4 is 5.32 Å². The number of hydrogen-bond acceptors (Lipinski definition) is 4. The predicted octanol–water partition coefficient (Wildman–Crippen LogP) is 2.62. The molecule has 0 saturated carbocycles. The highest BCUT2D eigenvalue weighted by atomic mass is 19.1. The minimum absolute atomic E-state index is 0.0431. The van der Waals surface area contributed by atoms with E-state index in [1.54, 1.807) is 13.2 Å². The Kier molecular flexibility index (Phi) is 7.52. The summed E-state index contributed by atoms with van der Waals surface area (Å²) in [5.74, 6) is -0.898. The summed E-state index contributed by atoms with van der Waals surface area (Å²) in [4.78, 5) is 16.4. The smallest absolute Gasteiger partial charge is 0.292 e. The molecule has 1 aromatic rings. The van der Waals surface area contributed by atoms with Crippen LogP contribution in [0, 0.1) is 11.7 Å². The van der Waals surface area contributed by atoms with E-state index in [2.05, 4.69) is 10.3 Å². The molecule has 6 heteroatoms. The molecule has 1 rings (SSSR count). The summed E-state index contributed by atoms with van der Waals surface area (Å²) >= 11 is 0. The Bertz CT molecular complexity index is 518. The number of ether oxygens (including phenoxy) is 2. The Morgan fingerprint density at radius 1 is 1.27 bits per heavy atom. The maximum Gasteiger partial charge on any atom is 0.292 e. The van der Waals surface area contributed by atoms with Crippen LogP contribution in [0.2, 0.25) is 0 Å². The van der Waals surface area contributed by atoms with Crippen molar-refractivity contribution in [3.63, 3.8) is 0 Å². The lowest BCUT2D eigenvalue weighted by Gasteiger charge is -2.15. The van der Waals surface area contributed by atoms with Gasteiger partial charge in [0.2, 0.25) is 0 Å². The molecule has 0 aliphatic rings. The van der Waals surface area contributed by atoms with Gasteiger partial charge in [0.1, 0.15) is 12.4 Å². The van der Waals surface area contributed by atoms with Crippen molar-refractivity contribution in [2.45, 2.75) is 26.8 Å². The van der Waals surface area contributed by atoms with Crippen LogP contribution in [0.1, 0.15) is 31.1 Å². The van der Waals surface area contributed by atoms with Crippen molar-refractivity contribution in [1.29, 1.82) is 0 Å². The molecule has 0 aromatic heterocycles. The van der Waals surface area contributed by atoms with Gasteiger partial charge >= 0.3 is 0 Å². The highest BCUT2D eigenvalue weighted by Crippen LogP contribution is 2.08. The zero-order valence-electron chi connectivity index (χ0n) is 13.4. The highest BCUT2D eigenvalue weighted by molar-refractivity contribution is 6.04. The molecular formula is C16H23FN2O3. The van der Waals surface area contributed by atoms with Crippen molar-refractivity contribution in [2.75, 3.05) is 20.3 Å². The molecule has 0 bridgehead atoms. The number of amides is 1. The minimum Gasteiger partial charge on any atom is -0.463 e. The summed E-state index contributed by atoms with van der Waals surface area (Å²) in [6.45, 7) is 6.56. The maximum atomic E-state index is 13.6. The highest BCUT2D eigenvalue weighted by Gasteiger charge is 2.15. The van der Waals surface area contributed by atoms with E-state index in [1.165, 1.54) is 18.2 Å². The van der Waals surface area contributed by atoms with Crippen LogP contribution in [0.25, 0.3) is 0 Å². The van der Waals surface area contributed by atoms with Crippen molar-refractivity contribution in [3.05, 3.63) is 35.6 Å². The first-order valence-electron chi connectivity index (χ1n) is 7.21. The lowest BCUT2D eigenvalue weighted by atomic mass is 10.1. The van der Waals surface area contributed by atoms with Gasteiger partial charge in [-0.05, 0) is 25.0 Å². The van der Waals surface area contributed by atoms with Gasteiger partial charge in [0, 0.05) is 7.11 Å². The first-order chi connectivity index (χ1) is 10.5. The number of nitrogens with zero attached hydrogens (tertiary/aromatic N) is 1. The van der Waals surface area contributed by atoms with E-state index in [0.717, 1.165) is 0 Å². The van der Waals surface area contributed by atoms with Crippen molar-refractivity contribution in [2.24, 2.45) is 10.9 Å². The lowest BCUT2D eigenvalue weighted by Crippen LogP contribution is -2.35. The standard InChI is InChI=1S/C16H23FN2O3/c1-11(2)12(3)18-16(22-10-9-21-4)19-15(20)13-7-5-6-8-14(13)17/h5-8,11-12H,9-10H2,1-4H3,(H,18,19,20)/t12-/m1/s1. The Morgan fingerprint density at radius 2 is 1.95 bits per heavy atom. The molecule has 5 nitrogen and oxygen atoms in total. The Labute approximate surface area is 130 Å². The fraction of sp³-hybridized carbons (Fsp3) is 0.500. The number of carbonyl (C=O) groups excluding carboxylic acids is 1. The summed E-state index contributed by atoms with van der Waals surface area (Å²) in [7, 11) is 1.55. The van der Waals surface area contributed by atoms with E-state index in [-0.39, 0.29) is 30.2 Å². The molecule has 1 aromatic carbocycles. The van der Waals surface area contributed by atoms with Gasteiger partial charge in [0.25, 0.3) is 11.9 Å². The van der Waals surface area contributed by atoms with Gasteiger partial charge in [-0.3, -0.25) is 10.1 Å². The molecule has 122 valence electrons. The summed E-state index contributed by atoms with van der Waals surface area (Å²) in [5.41, 5.74) is -0.0530. The van der Waals surface area contributed by atoms with Crippen molar-refractivity contribution in [1.82, 2.24) is 5.32 Å². The SMILES string of the molecule is COCCOC(=N[C@H](C)C(C)C)NC(=O)c1ccccc1F. The van der Waals surface area contributed by atoms with Crippen LogP contribution in [0.4, 0.5) is 4.39 Å². The fourth-order valence-corrected chi connectivity index (χ4v) is 1.47. The molecule has 0 spiro atoms. The summed E-state index contributed by atoms with van der Waals surface area (Å²) < 4.78 is 23.9. The van der Waals surface area contributed by atoms with Crippen LogP contribution in [0.15, 0.2) is 29.3 Å². The predicted molar refractivity (Wildman–Crippen MR) is 83.4 cm³/mol. The number of nitrogens with one attached hydrogen (secondary N) is 1. The molecule has 0 aliphatic carbocycles. The maximum absolute atomic E-state index is 13.6. The number of aliphatic imine (C=N–C) groups is 1. The van der Waals surface area contributed by atoms with Crippen LogP contribution in [0.5, 0.6) is 0 Å². The number of halogens is 1. The molecule has 0 radical (unpaired) electrons. The van der Waals surface area contributed by atoms with Crippen molar-refractivity contribution < 1.29 is 18.7 Å². The van der Waals surface area contributed by atoms with Crippen LogP contribution in [0.3, 0.4) is 0 Å². The second-order valence-electron chi connectivity index (χ2n) is 5.19. The Morgan fingerprint density at radius 3 is 2.55 bits per heavy atom. The van der Waals surface area contributed by atoms with Crippen LogP contribution in [-0.2, 0) is 9.47 Å². The average molecular weight is 310 g/mol. The summed E-state index contributed by atoms with van der Waals surface area (Å²) in [6, 6.07) is 5.79. The van der Waals surface area contributed by atoms with Gasteiger partial charge in [-0.1, -0.05) is 26.0 Å². The molecular weight excluding hydrogens is 287 g/mol. The molecule has 22 heavy (non-hydrogen) atoms. The quantitative estimate of drug-likeness (QED) is 0.499. The molecule has 0 fully saturated rings. The van der Waals surface area contributed by atoms with Crippen molar-refractivity contribution in [3.8, 4) is 0 Å². The minimum atomic E-state index is -0.592. The second-order valence-corrected chi connectivity index (χ2v) is 5.19. The zero-order valence-corrected chi connectivity index (χ0v) is 13.4. The van der Waals surface area contributed by atoms with Gasteiger partial charge in [-0.15, -0.1) is 0 Å². The number of benzene rings is 1. The first-order valence-corrected chi connectivity index (χ1v) is 7.21. The first kappa shape index (κ1) is 18.1. The number of methoxy groups -OCH3 is 1. The third-order valence-electron chi connectivity index (χ3n) is 3.15. The Hall–Kier alpha value is -1.95. The van der Waals surface area contributed by atoms with E-state index in [9.17, 15) is 9.18 Å². The fourth-order valence-electron chi connectivity index (χ4n) is 1.47. The second kappa shape index (κ2) is 9.15. The molecule has 0 aliphatic heterocycles. The average Bonchev–Trinajstić information content (AvgIpc) is 2.47. The third kappa shape index (κ3) is 5.81. The van der Waals surface area contributed by atoms with Gasteiger partial charge < -0.3 is 9.47 Å². The van der Waals surface area contributed by atoms with E-state index >= 15 is 0 Å². The Balaban J connectivity index is 2.83. The van der Waals surface area contributed by atoms with Gasteiger partial charge in [0.15, 0.2) is 0 Å². The van der Waals surface area contributed by atoms with Gasteiger partial charge in [0.05, 0.1) is 18.2 Å². The van der Waals surface area contributed by atoms with E-state index < -0.39 is 11.7 Å². The monoisotopic (exact) mass is 310 g/mol. The molecule has 1 N–H and O–H groups in total. The third-order valence-corrected chi connectivity index (χ3v) is 3.15. The van der Waals surface area contributed by atoms with E-state index in [0.29, 0.717) is 6.61 Å². The molecule has 0 saturated heterocycles. The topological polar surface area (TPSA) is 59.9 Å². The van der Waals surface area contributed by atoms with Gasteiger partial charge in [-0.2, -0.15) is 0 Å². The molecule has 0 heterocycles. The number of hydrogen-bond donors (Lipinski definition) is 1. The molecule has 1 amide bonds. The number of carbonyl (C=O) groups is 1. The lowest BCUT2D eigenvalue weighted by molar-refractivity contribution is 0.0949. The summed E-state index contributed by atoms with van der Waals surface area (Å²) in [6.07, 6.45) is 0. The van der Waals surface area contributed by atoms with Crippen molar-refractivity contribution >= 4 is 11.9 Å². The van der Waals surface area contributed by atoms with Crippen LogP contribution >= 0.6 is 0 Å². The molecule has 0 unspecified atom stereocenters. The number of rotatable bonds is 6. The number of amidine groups is 1. The van der Waals surface area contributed by atoms with E-state index in [1.807, 2.05) is 20.8 Å². The van der Waals surface area contributed by atoms with Gasteiger partial charge in [-0.25, -0.2) is 9.38 Å². The van der Waals surface area contributed by atoms with E-state index in [4.69, 9.17) is 9.47 Å². The summed E-state index contributed by atoms with van der Waals surface area (Å²) in [5, 5.41) is 2.51. The normalized spacial score (nSPS) is 13.1. The largest absolute Gasteiger partial charge is 0.463 e. The molecule has 1 atom stereocenters.